The van der Waals surface area contributed by atoms with Crippen LogP contribution in [0.5, 0.6) is 0 Å². The van der Waals surface area contributed by atoms with Crippen LogP contribution in [-0.4, -0.2) is 20.5 Å². The molecule has 3 rings (SSSR count). The Hall–Kier alpha value is -2.82. The summed E-state index contributed by atoms with van der Waals surface area (Å²) in [5.74, 6) is -0.329. The number of pyridine rings is 1. The van der Waals surface area contributed by atoms with Crippen LogP contribution in [0, 0.1) is 0 Å². The second-order valence-corrected chi connectivity index (χ2v) is 4.19. The van der Waals surface area contributed by atoms with Crippen molar-refractivity contribution in [3.63, 3.8) is 0 Å². The summed E-state index contributed by atoms with van der Waals surface area (Å²) < 4.78 is 1.79. The lowest BCUT2D eigenvalue weighted by Crippen LogP contribution is -1.95. The molecular formula is C14H11N3O2. The summed E-state index contributed by atoms with van der Waals surface area (Å²) in [6.45, 7) is 0. The summed E-state index contributed by atoms with van der Waals surface area (Å²) in [4.78, 5) is 15.3. The lowest BCUT2D eigenvalue weighted by atomic mass is 10.1. The zero-order valence-electron chi connectivity index (χ0n) is 9.95. The summed E-state index contributed by atoms with van der Waals surface area (Å²) in [6.07, 6.45) is 1.83. The Balaban J connectivity index is 2.09. The maximum atomic E-state index is 10.8. The van der Waals surface area contributed by atoms with Crippen LogP contribution in [0.3, 0.4) is 0 Å². The first-order valence-corrected chi connectivity index (χ1v) is 5.72. The number of imidazole rings is 1. The van der Waals surface area contributed by atoms with Gasteiger partial charge in [0.15, 0.2) is 0 Å². The maximum Gasteiger partial charge on any atom is 0.335 e. The molecular weight excluding hydrogens is 242 g/mol. The van der Waals surface area contributed by atoms with E-state index in [1.54, 1.807) is 34.7 Å². The highest BCUT2D eigenvalue weighted by Crippen LogP contribution is 2.21. The quantitative estimate of drug-likeness (QED) is 0.734. The lowest BCUT2D eigenvalue weighted by molar-refractivity contribution is 0.0697. The van der Waals surface area contributed by atoms with Crippen molar-refractivity contribution in [1.82, 2.24) is 9.38 Å². The minimum atomic E-state index is -0.939. The molecule has 19 heavy (non-hydrogen) atoms. The van der Waals surface area contributed by atoms with E-state index in [1.165, 1.54) is 0 Å². The fourth-order valence-electron chi connectivity index (χ4n) is 1.95. The average Bonchev–Trinajstić information content (AvgIpc) is 2.84. The van der Waals surface area contributed by atoms with Crippen molar-refractivity contribution in [1.29, 1.82) is 0 Å². The molecule has 1 aromatic carbocycles. The number of fused-ring (bicyclic) bond motifs is 1. The van der Waals surface area contributed by atoms with E-state index < -0.39 is 5.97 Å². The second kappa shape index (κ2) is 4.13. The third kappa shape index (κ3) is 1.91. The molecule has 0 radical (unpaired) electrons. The fourth-order valence-corrected chi connectivity index (χ4v) is 1.95. The third-order valence-corrected chi connectivity index (χ3v) is 2.95. The Bertz CT molecular complexity index is 760. The van der Waals surface area contributed by atoms with Gasteiger partial charge in [0.05, 0.1) is 11.3 Å². The lowest BCUT2D eigenvalue weighted by Gasteiger charge is -1.97. The number of hydrogen-bond donors (Lipinski definition) is 2. The molecule has 94 valence electrons. The van der Waals surface area contributed by atoms with Gasteiger partial charge in [0.25, 0.3) is 0 Å². The fraction of sp³-hybridized carbons (Fsp3) is 0. The largest absolute Gasteiger partial charge is 0.478 e. The van der Waals surface area contributed by atoms with E-state index in [0.717, 1.165) is 16.9 Å². The number of nitrogens with two attached hydrogens (primary N) is 1. The predicted octanol–water partition coefficient (Wildman–Crippen LogP) is 2.28. The van der Waals surface area contributed by atoms with Gasteiger partial charge in [-0.25, -0.2) is 9.78 Å². The molecule has 0 fully saturated rings. The van der Waals surface area contributed by atoms with Crippen molar-refractivity contribution in [2.75, 3.05) is 5.73 Å². The maximum absolute atomic E-state index is 10.8. The van der Waals surface area contributed by atoms with E-state index in [1.807, 2.05) is 18.3 Å². The van der Waals surface area contributed by atoms with Gasteiger partial charge in [-0.15, -0.1) is 0 Å². The molecule has 0 bridgehead atoms. The highest BCUT2D eigenvalue weighted by Gasteiger charge is 2.07. The molecule has 0 aliphatic heterocycles. The number of rotatable bonds is 2. The number of hydrogen-bond acceptors (Lipinski definition) is 3. The minimum Gasteiger partial charge on any atom is -0.478 e. The number of aromatic carboxylic acids is 1. The molecule has 0 spiro atoms. The van der Waals surface area contributed by atoms with Crippen molar-refractivity contribution < 1.29 is 9.90 Å². The number of aromatic nitrogens is 2. The van der Waals surface area contributed by atoms with Gasteiger partial charge in [-0.1, -0.05) is 18.2 Å². The molecule has 5 nitrogen and oxygen atoms in total. The van der Waals surface area contributed by atoms with Crippen LogP contribution in [0.15, 0.2) is 48.7 Å². The summed E-state index contributed by atoms with van der Waals surface area (Å²) >= 11 is 0. The van der Waals surface area contributed by atoms with Gasteiger partial charge in [0.1, 0.15) is 11.5 Å². The number of carboxylic acids is 1. The molecule has 0 amide bonds. The van der Waals surface area contributed by atoms with Crippen LogP contribution in [0.2, 0.25) is 0 Å². The summed E-state index contributed by atoms with van der Waals surface area (Å²) in [7, 11) is 0. The minimum absolute atomic E-state index is 0.257. The molecule has 0 atom stereocenters. The number of benzene rings is 1. The monoisotopic (exact) mass is 253 g/mol. The number of nitrogen functional groups attached to an aromatic ring is 1. The molecule has 2 heterocycles. The van der Waals surface area contributed by atoms with Gasteiger partial charge < -0.3 is 10.8 Å². The van der Waals surface area contributed by atoms with Gasteiger partial charge in [-0.05, 0) is 24.3 Å². The zero-order chi connectivity index (χ0) is 13.4. The van der Waals surface area contributed by atoms with Crippen LogP contribution < -0.4 is 5.73 Å². The van der Waals surface area contributed by atoms with E-state index in [-0.39, 0.29) is 5.56 Å². The van der Waals surface area contributed by atoms with Crippen LogP contribution in [0.4, 0.5) is 5.82 Å². The molecule has 0 aliphatic rings. The highest BCUT2D eigenvalue weighted by atomic mass is 16.4. The van der Waals surface area contributed by atoms with E-state index >= 15 is 0 Å². The smallest absolute Gasteiger partial charge is 0.335 e. The predicted molar refractivity (Wildman–Crippen MR) is 72.0 cm³/mol. The number of nitrogens with zero attached hydrogens (tertiary/aromatic N) is 2. The average molecular weight is 253 g/mol. The Morgan fingerprint density at radius 3 is 2.53 bits per heavy atom. The van der Waals surface area contributed by atoms with Crippen LogP contribution in [-0.2, 0) is 0 Å². The Labute approximate surface area is 108 Å². The Kier molecular flexibility index (Phi) is 2.45. The molecule has 0 saturated heterocycles. The standard InChI is InChI=1S/C14H11N3O2/c15-12-2-1-3-13-16-11(8-17(12)13)9-4-6-10(7-5-9)14(18)19/h1-8H,15H2,(H,18,19). The molecule has 2 aromatic heterocycles. The molecule has 0 aliphatic carbocycles. The first-order chi connectivity index (χ1) is 9.15. The zero-order valence-corrected chi connectivity index (χ0v) is 9.95. The normalized spacial score (nSPS) is 10.7. The van der Waals surface area contributed by atoms with Crippen molar-refractivity contribution in [3.8, 4) is 11.3 Å². The first kappa shape index (κ1) is 11.3. The van der Waals surface area contributed by atoms with Crippen molar-refractivity contribution in [3.05, 3.63) is 54.2 Å². The SMILES string of the molecule is Nc1cccc2nc(-c3ccc(C(=O)O)cc3)cn12. The van der Waals surface area contributed by atoms with Crippen LogP contribution in [0.1, 0.15) is 10.4 Å². The first-order valence-electron chi connectivity index (χ1n) is 5.72. The van der Waals surface area contributed by atoms with Crippen molar-refractivity contribution >= 4 is 17.4 Å². The third-order valence-electron chi connectivity index (χ3n) is 2.95. The van der Waals surface area contributed by atoms with E-state index in [0.29, 0.717) is 5.82 Å². The number of carbonyl (C=O) groups is 1. The van der Waals surface area contributed by atoms with Gasteiger partial charge >= 0.3 is 5.97 Å². The molecule has 0 saturated carbocycles. The van der Waals surface area contributed by atoms with Crippen LogP contribution >= 0.6 is 0 Å². The highest BCUT2D eigenvalue weighted by molar-refractivity contribution is 5.88. The van der Waals surface area contributed by atoms with E-state index in [9.17, 15) is 4.79 Å². The van der Waals surface area contributed by atoms with Crippen molar-refractivity contribution in [2.45, 2.75) is 0 Å². The summed E-state index contributed by atoms with van der Waals surface area (Å²) in [5, 5.41) is 8.86. The van der Waals surface area contributed by atoms with Gasteiger partial charge in [0, 0.05) is 11.8 Å². The Morgan fingerprint density at radius 2 is 1.89 bits per heavy atom. The summed E-state index contributed by atoms with van der Waals surface area (Å²) in [5.41, 5.74) is 8.49. The number of anilines is 1. The Morgan fingerprint density at radius 1 is 1.16 bits per heavy atom. The second-order valence-electron chi connectivity index (χ2n) is 4.19. The van der Waals surface area contributed by atoms with Crippen molar-refractivity contribution in [2.24, 2.45) is 0 Å². The van der Waals surface area contributed by atoms with E-state index in [2.05, 4.69) is 4.98 Å². The molecule has 3 N–H and O–H groups in total. The topological polar surface area (TPSA) is 80.6 Å². The van der Waals surface area contributed by atoms with Crippen LogP contribution in [0.25, 0.3) is 16.9 Å². The van der Waals surface area contributed by atoms with E-state index in [4.69, 9.17) is 10.8 Å². The van der Waals surface area contributed by atoms with Gasteiger partial charge in [-0.2, -0.15) is 0 Å². The molecule has 0 unspecified atom stereocenters. The van der Waals surface area contributed by atoms with Gasteiger partial charge in [-0.3, -0.25) is 4.40 Å². The number of carboxylic acid groups (broad SMARTS) is 1. The molecule has 3 aromatic rings. The van der Waals surface area contributed by atoms with Gasteiger partial charge in [0.2, 0.25) is 0 Å². The molecule has 5 heteroatoms. The summed E-state index contributed by atoms with van der Waals surface area (Å²) in [6, 6.07) is 12.1.